The fourth-order valence-electron chi connectivity index (χ4n) is 3.12. The highest BCUT2D eigenvalue weighted by Crippen LogP contribution is 2.34. The maximum absolute atomic E-state index is 10.0. The standard InChI is InChI=1S/C16H23NO4/c1-19-15-4-2-3-5-16(15)20-10-11(18)9-17-13-8-12-6-7-14(13)21-12/h2-5,11-14,17-18H,6-10H2,1H3. The summed E-state index contributed by atoms with van der Waals surface area (Å²) in [6.07, 6.45) is 3.59. The summed E-state index contributed by atoms with van der Waals surface area (Å²) in [5, 5.41) is 13.4. The molecule has 5 nitrogen and oxygen atoms in total. The molecular weight excluding hydrogens is 270 g/mol. The molecule has 2 N–H and O–H groups in total. The van der Waals surface area contributed by atoms with Crippen LogP contribution in [0.25, 0.3) is 0 Å². The molecule has 1 aromatic carbocycles. The Balaban J connectivity index is 1.41. The van der Waals surface area contributed by atoms with Crippen LogP contribution >= 0.6 is 0 Å². The summed E-state index contributed by atoms with van der Waals surface area (Å²) >= 11 is 0. The number of aliphatic hydroxyl groups excluding tert-OH is 1. The summed E-state index contributed by atoms with van der Waals surface area (Å²) in [7, 11) is 1.61. The van der Waals surface area contributed by atoms with Crippen molar-refractivity contribution >= 4 is 0 Å². The minimum atomic E-state index is -0.547. The van der Waals surface area contributed by atoms with Gasteiger partial charge in [-0.2, -0.15) is 0 Å². The van der Waals surface area contributed by atoms with Gasteiger partial charge in [0, 0.05) is 12.6 Å². The Morgan fingerprint density at radius 3 is 2.81 bits per heavy atom. The second kappa shape index (κ2) is 6.64. The van der Waals surface area contributed by atoms with Crippen LogP contribution in [-0.2, 0) is 4.74 Å². The molecule has 0 saturated carbocycles. The van der Waals surface area contributed by atoms with E-state index in [2.05, 4.69) is 5.32 Å². The largest absolute Gasteiger partial charge is 0.493 e. The van der Waals surface area contributed by atoms with Crippen molar-refractivity contribution in [3.63, 3.8) is 0 Å². The first-order valence-electron chi connectivity index (χ1n) is 7.59. The molecule has 4 atom stereocenters. The molecule has 0 aromatic heterocycles. The van der Waals surface area contributed by atoms with Crippen molar-refractivity contribution in [2.45, 2.75) is 43.6 Å². The number of rotatable bonds is 7. The van der Waals surface area contributed by atoms with E-state index in [1.54, 1.807) is 7.11 Å². The number of ether oxygens (including phenoxy) is 3. The van der Waals surface area contributed by atoms with Crippen LogP contribution in [0.2, 0.25) is 0 Å². The number of fused-ring (bicyclic) bond motifs is 2. The lowest BCUT2D eigenvalue weighted by Crippen LogP contribution is -2.42. The van der Waals surface area contributed by atoms with E-state index in [1.165, 1.54) is 6.42 Å². The molecule has 21 heavy (non-hydrogen) atoms. The van der Waals surface area contributed by atoms with Crippen molar-refractivity contribution in [3.05, 3.63) is 24.3 Å². The maximum atomic E-state index is 10.0. The minimum absolute atomic E-state index is 0.245. The molecule has 2 saturated heterocycles. The van der Waals surface area contributed by atoms with Crippen LogP contribution in [0.4, 0.5) is 0 Å². The smallest absolute Gasteiger partial charge is 0.161 e. The fourth-order valence-corrected chi connectivity index (χ4v) is 3.12. The van der Waals surface area contributed by atoms with Crippen molar-refractivity contribution in [2.75, 3.05) is 20.3 Å². The molecule has 2 heterocycles. The molecule has 4 unspecified atom stereocenters. The summed E-state index contributed by atoms with van der Waals surface area (Å²) in [6, 6.07) is 7.83. The normalized spacial score (nSPS) is 28.6. The van der Waals surface area contributed by atoms with Crippen molar-refractivity contribution < 1.29 is 19.3 Å². The zero-order valence-electron chi connectivity index (χ0n) is 12.3. The second-order valence-corrected chi connectivity index (χ2v) is 5.74. The molecule has 2 bridgehead atoms. The van der Waals surface area contributed by atoms with Gasteiger partial charge in [-0.3, -0.25) is 0 Å². The maximum Gasteiger partial charge on any atom is 0.161 e. The van der Waals surface area contributed by atoms with Crippen LogP contribution in [0, 0.1) is 0 Å². The molecule has 0 radical (unpaired) electrons. The van der Waals surface area contributed by atoms with Gasteiger partial charge in [-0.1, -0.05) is 12.1 Å². The van der Waals surface area contributed by atoms with Crippen LogP contribution in [0.1, 0.15) is 19.3 Å². The van der Waals surface area contributed by atoms with E-state index >= 15 is 0 Å². The highest BCUT2D eigenvalue weighted by Gasteiger charge is 2.40. The fraction of sp³-hybridized carbons (Fsp3) is 0.625. The van der Waals surface area contributed by atoms with E-state index in [1.807, 2.05) is 24.3 Å². The summed E-state index contributed by atoms with van der Waals surface area (Å²) in [6.45, 7) is 0.765. The summed E-state index contributed by atoms with van der Waals surface area (Å²) in [5.74, 6) is 1.33. The van der Waals surface area contributed by atoms with Crippen molar-refractivity contribution in [2.24, 2.45) is 0 Å². The monoisotopic (exact) mass is 293 g/mol. The first kappa shape index (κ1) is 14.6. The van der Waals surface area contributed by atoms with Crippen LogP contribution < -0.4 is 14.8 Å². The third kappa shape index (κ3) is 3.48. The topological polar surface area (TPSA) is 60.0 Å². The molecule has 0 amide bonds. The Kier molecular flexibility index (Phi) is 4.63. The molecule has 116 valence electrons. The highest BCUT2D eigenvalue weighted by atomic mass is 16.5. The summed E-state index contributed by atoms with van der Waals surface area (Å²) in [4.78, 5) is 0. The Labute approximate surface area is 125 Å². The van der Waals surface area contributed by atoms with E-state index in [0.29, 0.717) is 36.3 Å². The van der Waals surface area contributed by atoms with Gasteiger partial charge in [-0.05, 0) is 31.4 Å². The third-order valence-corrected chi connectivity index (χ3v) is 4.22. The minimum Gasteiger partial charge on any atom is -0.493 e. The van der Waals surface area contributed by atoms with E-state index < -0.39 is 6.10 Å². The Morgan fingerprint density at radius 2 is 2.14 bits per heavy atom. The third-order valence-electron chi connectivity index (χ3n) is 4.22. The van der Waals surface area contributed by atoms with Gasteiger partial charge in [0.15, 0.2) is 11.5 Å². The Hall–Kier alpha value is -1.30. The van der Waals surface area contributed by atoms with Gasteiger partial charge in [-0.25, -0.2) is 0 Å². The first-order chi connectivity index (χ1) is 10.3. The first-order valence-corrected chi connectivity index (χ1v) is 7.59. The molecule has 2 aliphatic heterocycles. The van der Waals surface area contributed by atoms with Gasteiger partial charge in [-0.15, -0.1) is 0 Å². The summed E-state index contributed by atoms with van der Waals surface area (Å²) in [5.41, 5.74) is 0. The molecular formula is C16H23NO4. The highest BCUT2D eigenvalue weighted by molar-refractivity contribution is 5.39. The van der Waals surface area contributed by atoms with E-state index in [0.717, 1.165) is 12.8 Å². The number of benzene rings is 1. The quantitative estimate of drug-likeness (QED) is 0.794. The molecule has 0 aliphatic carbocycles. The van der Waals surface area contributed by atoms with Crippen molar-refractivity contribution in [1.29, 1.82) is 0 Å². The van der Waals surface area contributed by atoms with Gasteiger partial charge in [0.2, 0.25) is 0 Å². The lowest BCUT2D eigenvalue weighted by Gasteiger charge is -2.22. The average Bonchev–Trinajstić information content (AvgIpc) is 3.14. The zero-order chi connectivity index (χ0) is 14.7. The molecule has 0 spiro atoms. The number of para-hydroxylation sites is 2. The van der Waals surface area contributed by atoms with Crippen molar-refractivity contribution in [3.8, 4) is 11.5 Å². The molecule has 3 rings (SSSR count). The zero-order valence-corrected chi connectivity index (χ0v) is 12.3. The molecule has 2 aliphatic rings. The SMILES string of the molecule is COc1ccccc1OCC(O)CNC1CC2CCC1O2. The molecule has 1 aromatic rings. The van der Waals surface area contributed by atoms with Crippen LogP contribution in [0.3, 0.4) is 0 Å². The predicted molar refractivity (Wildman–Crippen MR) is 78.8 cm³/mol. The van der Waals surface area contributed by atoms with Gasteiger partial charge in [0.1, 0.15) is 12.7 Å². The van der Waals surface area contributed by atoms with Crippen LogP contribution in [-0.4, -0.2) is 49.7 Å². The van der Waals surface area contributed by atoms with E-state index in [4.69, 9.17) is 14.2 Å². The number of nitrogens with one attached hydrogen (secondary N) is 1. The van der Waals surface area contributed by atoms with Crippen LogP contribution in [0.15, 0.2) is 24.3 Å². The van der Waals surface area contributed by atoms with Crippen LogP contribution in [0.5, 0.6) is 11.5 Å². The Bertz CT molecular complexity index is 467. The predicted octanol–water partition coefficient (Wildman–Crippen LogP) is 1.34. The van der Waals surface area contributed by atoms with Gasteiger partial charge < -0.3 is 24.6 Å². The lowest BCUT2D eigenvalue weighted by atomic mass is 9.95. The number of hydrogen-bond donors (Lipinski definition) is 2. The van der Waals surface area contributed by atoms with Gasteiger partial charge in [0.25, 0.3) is 0 Å². The summed E-state index contributed by atoms with van der Waals surface area (Å²) < 4.78 is 16.6. The molecule has 5 heteroatoms. The van der Waals surface area contributed by atoms with Gasteiger partial charge in [0.05, 0.1) is 19.3 Å². The number of aliphatic hydroxyl groups is 1. The van der Waals surface area contributed by atoms with Gasteiger partial charge >= 0.3 is 0 Å². The Morgan fingerprint density at radius 1 is 1.33 bits per heavy atom. The van der Waals surface area contributed by atoms with E-state index in [9.17, 15) is 5.11 Å². The average molecular weight is 293 g/mol. The second-order valence-electron chi connectivity index (χ2n) is 5.74. The van der Waals surface area contributed by atoms with Crippen molar-refractivity contribution in [1.82, 2.24) is 5.32 Å². The molecule has 2 fully saturated rings. The number of hydrogen-bond acceptors (Lipinski definition) is 5. The lowest BCUT2D eigenvalue weighted by molar-refractivity contribution is 0.0848. The number of methoxy groups -OCH3 is 1. The van der Waals surface area contributed by atoms with E-state index in [-0.39, 0.29) is 6.61 Å².